The number of hydrogen-bond acceptors (Lipinski definition) is 5. The standard InChI is InChI=1S/C22H33N5O2/c1-14(2)20(26-7-9-29-10-8-26)13-23-22(28)17-11-19(16-5-6-16)25-21-18(17)12-24-27(21)15(3)4/h11-12,14-16,20H,5-10,13H2,1-4H3,(H,23,28). The Morgan fingerprint density at radius 1 is 1.24 bits per heavy atom. The highest BCUT2D eigenvalue weighted by Crippen LogP contribution is 2.40. The number of aromatic nitrogens is 3. The van der Waals surface area contributed by atoms with E-state index in [1.54, 1.807) is 6.20 Å². The van der Waals surface area contributed by atoms with Crippen LogP contribution in [0.5, 0.6) is 0 Å². The maximum absolute atomic E-state index is 13.2. The zero-order valence-corrected chi connectivity index (χ0v) is 18.0. The molecule has 1 aliphatic heterocycles. The molecule has 1 saturated carbocycles. The van der Waals surface area contributed by atoms with Gasteiger partial charge in [-0.05, 0) is 38.7 Å². The van der Waals surface area contributed by atoms with Crippen molar-refractivity contribution in [2.24, 2.45) is 5.92 Å². The Labute approximate surface area is 172 Å². The van der Waals surface area contributed by atoms with Crippen molar-refractivity contribution in [3.05, 3.63) is 23.5 Å². The molecule has 2 aliphatic rings. The van der Waals surface area contributed by atoms with E-state index in [4.69, 9.17) is 9.72 Å². The average Bonchev–Trinajstić information content (AvgIpc) is 3.46. The Kier molecular flexibility index (Phi) is 5.88. The molecule has 1 amide bonds. The van der Waals surface area contributed by atoms with E-state index in [0.717, 1.165) is 55.9 Å². The van der Waals surface area contributed by atoms with Crippen LogP contribution in [0.3, 0.4) is 0 Å². The second-order valence-electron chi connectivity index (χ2n) is 8.96. The van der Waals surface area contributed by atoms with E-state index in [-0.39, 0.29) is 11.9 Å². The molecular formula is C22H33N5O2. The maximum atomic E-state index is 13.2. The molecule has 0 spiro atoms. The summed E-state index contributed by atoms with van der Waals surface area (Å²) < 4.78 is 7.41. The zero-order valence-electron chi connectivity index (χ0n) is 18.0. The molecule has 1 saturated heterocycles. The van der Waals surface area contributed by atoms with Gasteiger partial charge in [0.05, 0.1) is 30.4 Å². The number of fused-ring (bicyclic) bond motifs is 1. The van der Waals surface area contributed by atoms with Crippen LogP contribution in [0.1, 0.15) is 68.5 Å². The van der Waals surface area contributed by atoms with Crippen LogP contribution in [-0.2, 0) is 4.74 Å². The predicted octanol–water partition coefficient (Wildman–Crippen LogP) is 2.98. The summed E-state index contributed by atoms with van der Waals surface area (Å²) in [5, 5.41) is 8.56. The van der Waals surface area contributed by atoms with Gasteiger partial charge >= 0.3 is 0 Å². The molecule has 158 valence electrons. The molecule has 0 bridgehead atoms. The second-order valence-corrected chi connectivity index (χ2v) is 8.96. The zero-order chi connectivity index (χ0) is 20.5. The van der Waals surface area contributed by atoms with Crippen molar-refractivity contribution in [2.75, 3.05) is 32.8 Å². The van der Waals surface area contributed by atoms with Crippen LogP contribution in [0, 0.1) is 5.92 Å². The molecule has 2 aromatic heterocycles. The van der Waals surface area contributed by atoms with E-state index in [1.807, 2.05) is 10.7 Å². The normalized spacial score (nSPS) is 19.2. The SMILES string of the molecule is CC(C)C(CNC(=O)c1cc(C2CC2)nc2c1cnn2C(C)C)N1CCOCC1. The first kappa shape index (κ1) is 20.3. The van der Waals surface area contributed by atoms with E-state index < -0.39 is 0 Å². The summed E-state index contributed by atoms with van der Waals surface area (Å²) in [5.74, 6) is 0.913. The van der Waals surface area contributed by atoms with Crippen molar-refractivity contribution in [1.29, 1.82) is 0 Å². The Balaban J connectivity index is 1.57. The van der Waals surface area contributed by atoms with Gasteiger partial charge in [0.25, 0.3) is 5.91 Å². The smallest absolute Gasteiger partial charge is 0.252 e. The third-order valence-corrected chi connectivity index (χ3v) is 6.07. The van der Waals surface area contributed by atoms with Gasteiger partial charge in [-0.1, -0.05) is 13.8 Å². The highest BCUT2D eigenvalue weighted by molar-refractivity contribution is 6.05. The van der Waals surface area contributed by atoms with Crippen LogP contribution in [0.15, 0.2) is 12.3 Å². The van der Waals surface area contributed by atoms with Gasteiger partial charge in [0.15, 0.2) is 5.65 Å². The van der Waals surface area contributed by atoms with Crippen molar-refractivity contribution in [2.45, 2.75) is 58.5 Å². The van der Waals surface area contributed by atoms with Crippen LogP contribution in [-0.4, -0.2) is 64.5 Å². The summed E-state index contributed by atoms with van der Waals surface area (Å²) in [6.45, 7) is 12.6. The number of rotatable bonds is 7. The number of carbonyl (C=O) groups is 1. The van der Waals surface area contributed by atoms with E-state index in [1.165, 1.54) is 0 Å². The third-order valence-electron chi connectivity index (χ3n) is 6.07. The highest BCUT2D eigenvalue weighted by Gasteiger charge is 2.29. The van der Waals surface area contributed by atoms with Crippen molar-refractivity contribution in [3.63, 3.8) is 0 Å². The van der Waals surface area contributed by atoms with Gasteiger partial charge in [-0.25, -0.2) is 9.67 Å². The van der Waals surface area contributed by atoms with Crippen LogP contribution in [0.25, 0.3) is 11.0 Å². The molecule has 4 rings (SSSR count). The Hall–Kier alpha value is -1.99. The molecule has 0 aromatic carbocycles. The van der Waals surface area contributed by atoms with Crippen molar-refractivity contribution >= 4 is 16.9 Å². The van der Waals surface area contributed by atoms with Gasteiger partial charge in [-0.2, -0.15) is 5.10 Å². The lowest BCUT2D eigenvalue weighted by molar-refractivity contribution is 0.00673. The summed E-state index contributed by atoms with van der Waals surface area (Å²) in [6, 6.07) is 2.50. The molecule has 1 atom stereocenters. The summed E-state index contributed by atoms with van der Waals surface area (Å²) in [4.78, 5) is 20.5. The maximum Gasteiger partial charge on any atom is 0.252 e. The number of nitrogens with zero attached hydrogens (tertiary/aromatic N) is 4. The number of ether oxygens (including phenoxy) is 1. The predicted molar refractivity (Wildman–Crippen MR) is 113 cm³/mol. The summed E-state index contributed by atoms with van der Waals surface area (Å²) >= 11 is 0. The van der Waals surface area contributed by atoms with Crippen LogP contribution < -0.4 is 5.32 Å². The van der Waals surface area contributed by atoms with Crippen LogP contribution in [0.4, 0.5) is 0 Å². The van der Waals surface area contributed by atoms with Gasteiger partial charge in [0.1, 0.15) is 0 Å². The van der Waals surface area contributed by atoms with Crippen molar-refractivity contribution in [1.82, 2.24) is 25.0 Å². The van der Waals surface area contributed by atoms with E-state index in [9.17, 15) is 4.79 Å². The van der Waals surface area contributed by atoms with Gasteiger partial charge in [0, 0.05) is 43.3 Å². The first-order valence-corrected chi connectivity index (χ1v) is 10.9. The monoisotopic (exact) mass is 399 g/mol. The summed E-state index contributed by atoms with van der Waals surface area (Å²) in [5.41, 5.74) is 2.55. The minimum atomic E-state index is -0.0264. The van der Waals surface area contributed by atoms with Crippen molar-refractivity contribution in [3.8, 4) is 0 Å². The number of morpholine rings is 1. The number of nitrogens with one attached hydrogen (secondary N) is 1. The fraction of sp³-hybridized carbons (Fsp3) is 0.682. The van der Waals surface area contributed by atoms with E-state index in [2.05, 4.69) is 43.0 Å². The summed E-state index contributed by atoms with van der Waals surface area (Å²) in [6.07, 6.45) is 4.10. The molecule has 0 radical (unpaired) electrons. The average molecular weight is 400 g/mol. The number of hydrogen-bond donors (Lipinski definition) is 1. The van der Waals surface area contributed by atoms with E-state index in [0.29, 0.717) is 30.0 Å². The molecule has 1 aliphatic carbocycles. The first-order valence-electron chi connectivity index (χ1n) is 10.9. The lowest BCUT2D eigenvalue weighted by atomic mass is 10.0. The second kappa shape index (κ2) is 8.40. The molecule has 2 aromatic rings. The molecule has 3 heterocycles. The molecule has 1 unspecified atom stereocenters. The Morgan fingerprint density at radius 2 is 1.97 bits per heavy atom. The van der Waals surface area contributed by atoms with Crippen molar-refractivity contribution < 1.29 is 9.53 Å². The van der Waals surface area contributed by atoms with Crippen LogP contribution >= 0.6 is 0 Å². The van der Waals surface area contributed by atoms with Gasteiger partial charge in [0.2, 0.25) is 0 Å². The topological polar surface area (TPSA) is 72.3 Å². The van der Waals surface area contributed by atoms with Gasteiger partial charge < -0.3 is 10.1 Å². The molecular weight excluding hydrogens is 366 g/mol. The Bertz CT molecular complexity index is 865. The first-order chi connectivity index (χ1) is 14.0. The highest BCUT2D eigenvalue weighted by atomic mass is 16.5. The number of pyridine rings is 1. The molecule has 1 N–H and O–H groups in total. The molecule has 29 heavy (non-hydrogen) atoms. The summed E-state index contributed by atoms with van der Waals surface area (Å²) in [7, 11) is 0. The lowest BCUT2D eigenvalue weighted by Crippen LogP contribution is -2.51. The minimum absolute atomic E-state index is 0.0264. The molecule has 2 fully saturated rings. The fourth-order valence-corrected chi connectivity index (χ4v) is 4.18. The quantitative estimate of drug-likeness (QED) is 0.775. The fourth-order valence-electron chi connectivity index (χ4n) is 4.18. The van der Waals surface area contributed by atoms with Crippen LogP contribution in [0.2, 0.25) is 0 Å². The third kappa shape index (κ3) is 4.31. The van der Waals surface area contributed by atoms with E-state index >= 15 is 0 Å². The Morgan fingerprint density at radius 3 is 2.59 bits per heavy atom. The van der Waals surface area contributed by atoms with Gasteiger partial charge in [-0.15, -0.1) is 0 Å². The molecule has 7 nitrogen and oxygen atoms in total. The minimum Gasteiger partial charge on any atom is -0.379 e. The number of amides is 1. The van der Waals surface area contributed by atoms with Gasteiger partial charge in [-0.3, -0.25) is 9.69 Å². The number of carbonyl (C=O) groups excluding carboxylic acids is 1. The lowest BCUT2D eigenvalue weighted by Gasteiger charge is -2.36. The largest absolute Gasteiger partial charge is 0.379 e. The molecule has 7 heteroatoms.